The summed E-state index contributed by atoms with van der Waals surface area (Å²) >= 11 is 0. The average molecular weight is 640 g/mol. The van der Waals surface area contributed by atoms with Crippen molar-refractivity contribution in [2.45, 2.75) is 110 Å². The summed E-state index contributed by atoms with van der Waals surface area (Å²) < 4.78 is 34.5. The summed E-state index contributed by atoms with van der Waals surface area (Å²) in [5.41, 5.74) is -0.733. The predicted molar refractivity (Wildman–Crippen MR) is 166 cm³/mol. The van der Waals surface area contributed by atoms with Crippen LogP contribution in [-0.4, -0.2) is 101 Å². The summed E-state index contributed by atoms with van der Waals surface area (Å²) in [6.45, 7) is 16.2. The Labute approximate surface area is 261 Å². The zero-order valence-corrected chi connectivity index (χ0v) is 27.9. The molecule has 0 amide bonds. The van der Waals surface area contributed by atoms with Crippen molar-refractivity contribution in [3.05, 3.63) is 32.6 Å². The number of ether oxygens (including phenoxy) is 3. The zero-order chi connectivity index (χ0) is 32.2. The highest BCUT2D eigenvalue weighted by Crippen LogP contribution is 2.50. The van der Waals surface area contributed by atoms with E-state index < -0.39 is 44.3 Å². The van der Waals surface area contributed by atoms with Crippen molar-refractivity contribution >= 4 is 14.3 Å². The lowest BCUT2D eigenvalue weighted by molar-refractivity contribution is -0.122. The maximum absolute atomic E-state index is 12.9. The van der Waals surface area contributed by atoms with Gasteiger partial charge in [-0.25, -0.2) is 9.46 Å². The van der Waals surface area contributed by atoms with E-state index in [0.717, 1.165) is 39.3 Å². The van der Waals surface area contributed by atoms with Crippen LogP contribution in [0.25, 0.3) is 0 Å². The fraction of sp³-hybridized carbons (Fsp3) is 0.800. The number of hydrogen-bond acceptors (Lipinski definition) is 11. The molecule has 0 saturated carbocycles. The molecule has 3 rings (SSSR count). The number of Topliss-reactive ketones (excluding diaryl/α,β-unsaturated/α-hetero) is 1. The van der Waals surface area contributed by atoms with Gasteiger partial charge in [0.05, 0.1) is 45.0 Å². The van der Waals surface area contributed by atoms with E-state index in [0.29, 0.717) is 18.4 Å². The molecule has 0 aliphatic carbocycles. The first-order chi connectivity index (χ1) is 21.1. The van der Waals surface area contributed by atoms with E-state index in [1.165, 1.54) is 10.8 Å². The van der Waals surface area contributed by atoms with Crippen LogP contribution in [-0.2, 0) is 28.1 Å². The highest BCUT2D eigenvalue weighted by Gasteiger charge is 2.49. The molecule has 2 saturated heterocycles. The van der Waals surface area contributed by atoms with Crippen molar-refractivity contribution in [3.8, 4) is 6.07 Å². The van der Waals surface area contributed by atoms with Crippen LogP contribution in [0.4, 0.5) is 0 Å². The number of carbonyl (C=O) groups excluding carboxylic acids is 1. The van der Waals surface area contributed by atoms with Gasteiger partial charge in [-0.15, -0.1) is 0 Å². The third-order valence-corrected chi connectivity index (χ3v) is 9.84. The second kappa shape index (κ2) is 18.2. The molecule has 0 radical (unpaired) electrons. The van der Waals surface area contributed by atoms with Gasteiger partial charge in [-0.2, -0.15) is 5.26 Å². The van der Waals surface area contributed by atoms with Gasteiger partial charge in [-0.05, 0) is 54.0 Å². The quantitative estimate of drug-likeness (QED) is 0.186. The Morgan fingerprint density at radius 3 is 2.50 bits per heavy atom. The van der Waals surface area contributed by atoms with Gasteiger partial charge in [0.15, 0.2) is 6.23 Å². The lowest BCUT2D eigenvalue weighted by Crippen LogP contribution is -2.42. The molecule has 0 aromatic carbocycles. The number of nitriles is 1. The molecule has 1 aromatic heterocycles. The van der Waals surface area contributed by atoms with Gasteiger partial charge in [-0.1, -0.05) is 6.92 Å². The van der Waals surface area contributed by atoms with E-state index in [-0.39, 0.29) is 43.9 Å². The Balaban J connectivity index is 1.81. The van der Waals surface area contributed by atoms with Crippen LogP contribution in [0.3, 0.4) is 0 Å². The number of hydrogen-bond donors (Lipinski definition) is 1. The number of aryl methyl sites for hydroxylation is 1. The predicted octanol–water partition coefficient (Wildman–Crippen LogP) is 3.27. The number of rotatable bonds is 18. The Morgan fingerprint density at radius 2 is 1.86 bits per heavy atom. The second-order valence-electron chi connectivity index (χ2n) is 11.8. The lowest BCUT2D eigenvalue weighted by atomic mass is 10.1. The van der Waals surface area contributed by atoms with Crippen molar-refractivity contribution in [2.75, 3.05) is 46.1 Å². The number of aromatic nitrogens is 2. The maximum Gasteiger partial charge on any atom is 0.330 e. The summed E-state index contributed by atoms with van der Waals surface area (Å²) in [6, 6.07) is 2.28. The Bertz CT molecular complexity index is 1190. The van der Waals surface area contributed by atoms with E-state index >= 15 is 0 Å². The minimum absolute atomic E-state index is 0.0836. The first-order valence-corrected chi connectivity index (χ1v) is 16.9. The molecule has 2 aliphatic rings. The molecule has 1 N–H and O–H groups in total. The van der Waals surface area contributed by atoms with Gasteiger partial charge in [0.1, 0.15) is 18.0 Å². The monoisotopic (exact) mass is 639 g/mol. The summed E-state index contributed by atoms with van der Waals surface area (Å²) in [5, 5.41) is 9.12. The molecule has 44 heavy (non-hydrogen) atoms. The fourth-order valence-electron chi connectivity index (χ4n) is 5.50. The van der Waals surface area contributed by atoms with Crippen molar-refractivity contribution in [3.63, 3.8) is 0 Å². The zero-order valence-electron chi connectivity index (χ0n) is 27.0. The third-order valence-electron chi connectivity index (χ3n) is 7.71. The molecule has 2 unspecified atom stereocenters. The first kappa shape index (κ1) is 36.5. The number of morpholine rings is 1. The number of H-pyrrole nitrogens is 1. The smallest absolute Gasteiger partial charge is 0.330 e. The molecule has 5 atom stereocenters. The minimum atomic E-state index is -1.64. The number of carbonyl (C=O) groups is 1. The molecule has 0 bridgehead atoms. The van der Waals surface area contributed by atoms with Crippen LogP contribution in [0, 0.1) is 18.3 Å². The van der Waals surface area contributed by atoms with Crippen LogP contribution in [0.1, 0.15) is 78.5 Å². The average Bonchev–Trinajstić information content (AvgIpc) is 3.31. The van der Waals surface area contributed by atoms with Gasteiger partial charge in [0.25, 0.3) is 14.1 Å². The van der Waals surface area contributed by atoms with Crippen LogP contribution < -0.4 is 11.2 Å². The Morgan fingerprint density at radius 1 is 1.16 bits per heavy atom. The fourth-order valence-corrected chi connectivity index (χ4v) is 7.27. The normalized spacial score (nSPS) is 23.5. The molecule has 0 spiro atoms. The third kappa shape index (κ3) is 10.3. The van der Waals surface area contributed by atoms with Gasteiger partial charge in [-0.3, -0.25) is 24.0 Å². The van der Waals surface area contributed by atoms with Crippen molar-refractivity contribution in [2.24, 2.45) is 0 Å². The second-order valence-corrected chi connectivity index (χ2v) is 13.2. The number of ketones is 1. The number of nitrogens with one attached hydrogen (secondary N) is 1. The van der Waals surface area contributed by atoms with E-state index in [2.05, 4.69) is 48.3 Å². The van der Waals surface area contributed by atoms with Crippen molar-refractivity contribution in [1.29, 1.82) is 5.26 Å². The van der Waals surface area contributed by atoms with Gasteiger partial charge < -0.3 is 23.3 Å². The largest absolute Gasteiger partial charge is 0.379 e. The van der Waals surface area contributed by atoms with Gasteiger partial charge >= 0.3 is 5.69 Å². The highest BCUT2D eigenvalue weighted by molar-refractivity contribution is 7.44. The summed E-state index contributed by atoms with van der Waals surface area (Å²) in [4.78, 5) is 42.5. The lowest BCUT2D eigenvalue weighted by Gasteiger charge is -2.38. The summed E-state index contributed by atoms with van der Waals surface area (Å²) in [7, 11) is -1.64. The molecule has 1 aromatic rings. The maximum atomic E-state index is 12.9. The van der Waals surface area contributed by atoms with E-state index in [1.807, 2.05) is 6.92 Å². The molecule has 248 valence electrons. The molecular weight excluding hydrogens is 589 g/mol. The Hall–Kier alpha value is -2.01. The molecule has 3 heterocycles. The first-order valence-electron chi connectivity index (χ1n) is 15.7. The Kier molecular flexibility index (Phi) is 15.1. The number of aromatic amines is 1. The molecule has 14 heteroatoms. The summed E-state index contributed by atoms with van der Waals surface area (Å²) in [6.07, 6.45) is 0.915. The summed E-state index contributed by atoms with van der Waals surface area (Å²) in [5.74, 6) is 0.100. The van der Waals surface area contributed by atoms with E-state index in [1.54, 1.807) is 6.92 Å². The molecule has 2 fully saturated rings. The SMILES string of the molecule is CC[C@H]1O[C@@H](n2cc(C)c(=O)[nH]c2=O)[C@@H](OCCC(=O)CCCN2CCOCC2)C1OP(OCCC#N)N(C(C)C)C(C)C. The van der Waals surface area contributed by atoms with Gasteiger partial charge in [0.2, 0.25) is 0 Å². The van der Waals surface area contributed by atoms with Crippen molar-refractivity contribution in [1.82, 2.24) is 19.1 Å². The van der Waals surface area contributed by atoms with Crippen LogP contribution >= 0.6 is 8.53 Å². The van der Waals surface area contributed by atoms with E-state index in [9.17, 15) is 14.4 Å². The standard InChI is InChI=1S/C30H50N5O8P/c1-7-25-26(43-44(41-16-9-12-31)35(21(2)3)22(4)5)27(29(42-25)34-20-23(6)28(37)32-30(34)38)40-17-11-24(36)10-8-13-33-14-18-39-19-15-33/h20-22,25-27,29H,7-11,13-19H2,1-6H3,(H,32,37,38)/t25-,26?,27+,29-,44?/m1/s1. The van der Waals surface area contributed by atoms with Crippen LogP contribution in [0.2, 0.25) is 0 Å². The van der Waals surface area contributed by atoms with Crippen LogP contribution in [0.15, 0.2) is 15.8 Å². The van der Waals surface area contributed by atoms with Crippen molar-refractivity contribution < 1.29 is 28.1 Å². The van der Waals surface area contributed by atoms with E-state index in [4.69, 9.17) is 28.5 Å². The molecule has 2 aliphatic heterocycles. The molecule has 13 nitrogen and oxygen atoms in total. The number of nitrogens with zero attached hydrogens (tertiary/aromatic N) is 4. The highest BCUT2D eigenvalue weighted by atomic mass is 31.2. The molecular formula is C30H50N5O8P. The van der Waals surface area contributed by atoms with Gasteiger partial charge in [0, 0.05) is 49.8 Å². The topological polar surface area (TPSA) is 148 Å². The van der Waals surface area contributed by atoms with Crippen LogP contribution in [0.5, 0.6) is 0 Å². The minimum Gasteiger partial charge on any atom is -0.379 e.